The van der Waals surface area contributed by atoms with Crippen molar-refractivity contribution >= 4 is 11.6 Å². The average Bonchev–Trinajstić information content (AvgIpc) is 2.81. The number of nitrogens with zero attached hydrogens (tertiary/aromatic N) is 3. The van der Waals surface area contributed by atoms with E-state index in [1.54, 1.807) is 0 Å². The van der Waals surface area contributed by atoms with Gasteiger partial charge in [0.2, 0.25) is 0 Å². The van der Waals surface area contributed by atoms with Crippen LogP contribution in [0.1, 0.15) is 39.9 Å². The lowest BCUT2D eigenvalue weighted by molar-refractivity contribution is 0.399. The van der Waals surface area contributed by atoms with E-state index in [9.17, 15) is 0 Å². The van der Waals surface area contributed by atoms with E-state index in [1.807, 2.05) is 6.07 Å². The fourth-order valence-corrected chi connectivity index (χ4v) is 2.59. The number of nitrogens with one attached hydrogen (secondary N) is 2. The molecule has 1 unspecified atom stereocenters. The number of likely N-dealkylation sites (tertiary alicyclic amines) is 1. The second-order valence-corrected chi connectivity index (χ2v) is 7.04. The van der Waals surface area contributed by atoms with E-state index in [2.05, 4.69) is 55.3 Å². The van der Waals surface area contributed by atoms with Crippen molar-refractivity contribution in [3.63, 3.8) is 0 Å². The van der Waals surface area contributed by atoms with Gasteiger partial charge >= 0.3 is 0 Å². The van der Waals surface area contributed by atoms with Gasteiger partial charge in [0.1, 0.15) is 17.5 Å². The van der Waals surface area contributed by atoms with Crippen molar-refractivity contribution in [1.82, 2.24) is 14.9 Å². The zero-order valence-corrected chi connectivity index (χ0v) is 14.0. The Kier molecular flexibility index (Phi) is 5.04. The summed E-state index contributed by atoms with van der Waals surface area (Å²) in [5, 5.41) is 6.80. The smallest absolute Gasteiger partial charge is 0.138 e. The van der Waals surface area contributed by atoms with Gasteiger partial charge in [-0.05, 0) is 32.9 Å². The molecule has 2 rings (SSSR count). The average molecular weight is 291 g/mol. The molecule has 0 saturated carbocycles. The fraction of sp³-hybridized carbons (Fsp3) is 0.750. The summed E-state index contributed by atoms with van der Waals surface area (Å²) in [6.45, 7) is 12.7. The van der Waals surface area contributed by atoms with Crippen molar-refractivity contribution < 1.29 is 0 Å². The molecule has 1 aliphatic heterocycles. The number of hydrogen-bond donors (Lipinski definition) is 2. The quantitative estimate of drug-likeness (QED) is 0.873. The Bertz CT molecular complexity index is 466. The number of anilines is 2. The standard InChI is InChI=1S/C16H29N5/c1-6-17-13-9-14(20-15(19-13)16(2,3)4)18-10-12-7-8-21(5)11-12/h9,12H,6-8,10-11H2,1-5H3,(H2,17,18,19,20). The molecule has 0 amide bonds. The Balaban J connectivity index is 2.08. The topological polar surface area (TPSA) is 53.1 Å². The molecule has 5 heteroatoms. The van der Waals surface area contributed by atoms with Crippen molar-refractivity contribution in [1.29, 1.82) is 0 Å². The van der Waals surface area contributed by atoms with Crippen LogP contribution in [0.3, 0.4) is 0 Å². The van der Waals surface area contributed by atoms with Gasteiger partial charge in [0, 0.05) is 31.1 Å². The van der Waals surface area contributed by atoms with E-state index in [-0.39, 0.29) is 5.41 Å². The highest BCUT2D eigenvalue weighted by atomic mass is 15.1. The first kappa shape index (κ1) is 16.0. The molecule has 5 nitrogen and oxygen atoms in total. The SMILES string of the molecule is CCNc1cc(NCC2CCN(C)C2)nc(C(C)(C)C)n1. The molecule has 1 aromatic heterocycles. The van der Waals surface area contributed by atoms with E-state index in [1.165, 1.54) is 19.5 Å². The van der Waals surface area contributed by atoms with Gasteiger partial charge in [0.15, 0.2) is 0 Å². The second-order valence-electron chi connectivity index (χ2n) is 7.04. The Morgan fingerprint density at radius 2 is 1.90 bits per heavy atom. The Labute approximate surface area is 128 Å². The van der Waals surface area contributed by atoms with E-state index in [4.69, 9.17) is 4.98 Å². The monoisotopic (exact) mass is 291 g/mol. The Hall–Kier alpha value is -1.36. The lowest BCUT2D eigenvalue weighted by Crippen LogP contribution is -2.22. The summed E-state index contributed by atoms with van der Waals surface area (Å²) in [6.07, 6.45) is 1.26. The normalized spacial score (nSPS) is 19.8. The summed E-state index contributed by atoms with van der Waals surface area (Å²) in [4.78, 5) is 11.7. The second kappa shape index (κ2) is 6.60. The van der Waals surface area contributed by atoms with E-state index in [0.717, 1.165) is 30.5 Å². The first-order chi connectivity index (χ1) is 9.88. The van der Waals surface area contributed by atoms with Gasteiger partial charge in [-0.25, -0.2) is 9.97 Å². The van der Waals surface area contributed by atoms with Crippen LogP contribution in [0.25, 0.3) is 0 Å². The van der Waals surface area contributed by atoms with Crippen LogP contribution in [0, 0.1) is 5.92 Å². The molecule has 1 fully saturated rings. The molecule has 1 aromatic rings. The highest BCUT2D eigenvalue weighted by Gasteiger charge is 2.21. The third kappa shape index (κ3) is 4.56. The van der Waals surface area contributed by atoms with E-state index in [0.29, 0.717) is 5.92 Å². The maximum absolute atomic E-state index is 4.69. The van der Waals surface area contributed by atoms with E-state index < -0.39 is 0 Å². The van der Waals surface area contributed by atoms with Crippen LogP contribution in [-0.2, 0) is 5.41 Å². The molecular weight excluding hydrogens is 262 g/mol. The zero-order valence-electron chi connectivity index (χ0n) is 14.0. The highest BCUT2D eigenvalue weighted by Crippen LogP contribution is 2.23. The first-order valence-electron chi connectivity index (χ1n) is 7.94. The van der Waals surface area contributed by atoms with Crippen LogP contribution in [0.2, 0.25) is 0 Å². The van der Waals surface area contributed by atoms with Gasteiger partial charge < -0.3 is 15.5 Å². The minimum atomic E-state index is -0.0462. The van der Waals surface area contributed by atoms with Crippen molar-refractivity contribution in [2.24, 2.45) is 5.92 Å². The lowest BCUT2D eigenvalue weighted by atomic mass is 9.96. The molecule has 0 spiro atoms. The predicted molar refractivity (Wildman–Crippen MR) is 89.0 cm³/mol. The maximum Gasteiger partial charge on any atom is 0.138 e. The molecule has 1 saturated heterocycles. The zero-order chi connectivity index (χ0) is 15.5. The molecule has 2 N–H and O–H groups in total. The van der Waals surface area contributed by atoms with Crippen LogP contribution >= 0.6 is 0 Å². The molecule has 2 heterocycles. The van der Waals surface area contributed by atoms with Crippen molar-refractivity contribution in [3.8, 4) is 0 Å². The minimum absolute atomic E-state index is 0.0462. The van der Waals surface area contributed by atoms with Crippen molar-refractivity contribution in [2.45, 2.75) is 39.5 Å². The first-order valence-corrected chi connectivity index (χ1v) is 7.94. The molecule has 1 aliphatic rings. The highest BCUT2D eigenvalue weighted by molar-refractivity contribution is 5.48. The minimum Gasteiger partial charge on any atom is -0.370 e. The molecule has 0 aromatic carbocycles. The van der Waals surface area contributed by atoms with Crippen LogP contribution in [0.5, 0.6) is 0 Å². The van der Waals surface area contributed by atoms with Gasteiger partial charge in [0.25, 0.3) is 0 Å². The Morgan fingerprint density at radius 1 is 1.24 bits per heavy atom. The van der Waals surface area contributed by atoms with Crippen LogP contribution in [0.15, 0.2) is 6.07 Å². The third-order valence-electron chi connectivity index (χ3n) is 3.82. The van der Waals surface area contributed by atoms with Gasteiger partial charge in [0.05, 0.1) is 0 Å². The van der Waals surface area contributed by atoms with E-state index >= 15 is 0 Å². The predicted octanol–water partition coefficient (Wildman–Crippen LogP) is 2.57. The van der Waals surface area contributed by atoms with Crippen LogP contribution in [-0.4, -0.2) is 48.1 Å². The molecule has 0 bridgehead atoms. The summed E-state index contributed by atoms with van der Waals surface area (Å²) in [6, 6.07) is 2.01. The van der Waals surface area contributed by atoms with Crippen LogP contribution < -0.4 is 10.6 Å². The molecule has 0 aliphatic carbocycles. The maximum atomic E-state index is 4.69. The van der Waals surface area contributed by atoms with Crippen molar-refractivity contribution in [3.05, 3.63) is 11.9 Å². The molecule has 21 heavy (non-hydrogen) atoms. The fourth-order valence-electron chi connectivity index (χ4n) is 2.59. The summed E-state index contributed by atoms with van der Waals surface area (Å²) < 4.78 is 0. The summed E-state index contributed by atoms with van der Waals surface area (Å²) in [5.74, 6) is 3.43. The third-order valence-corrected chi connectivity index (χ3v) is 3.82. The van der Waals surface area contributed by atoms with Gasteiger partial charge in [-0.1, -0.05) is 20.8 Å². The molecule has 1 atom stereocenters. The van der Waals surface area contributed by atoms with Crippen molar-refractivity contribution in [2.75, 3.05) is 43.9 Å². The number of hydrogen-bond acceptors (Lipinski definition) is 5. The summed E-state index contributed by atoms with van der Waals surface area (Å²) in [7, 11) is 2.19. The van der Waals surface area contributed by atoms with Gasteiger partial charge in [-0.3, -0.25) is 0 Å². The number of rotatable bonds is 5. The molecular formula is C16H29N5. The van der Waals surface area contributed by atoms with Crippen LogP contribution in [0.4, 0.5) is 11.6 Å². The molecule has 118 valence electrons. The summed E-state index contributed by atoms with van der Waals surface area (Å²) >= 11 is 0. The Morgan fingerprint density at radius 3 is 2.43 bits per heavy atom. The summed E-state index contributed by atoms with van der Waals surface area (Å²) in [5.41, 5.74) is -0.0462. The van der Waals surface area contributed by atoms with Gasteiger partial charge in [-0.15, -0.1) is 0 Å². The lowest BCUT2D eigenvalue weighted by Gasteiger charge is -2.20. The molecule has 0 radical (unpaired) electrons. The largest absolute Gasteiger partial charge is 0.370 e. The number of aromatic nitrogens is 2. The van der Waals surface area contributed by atoms with Gasteiger partial charge in [-0.2, -0.15) is 0 Å².